The molecule has 0 aliphatic rings. The van der Waals surface area contributed by atoms with Gasteiger partial charge in [0.2, 0.25) is 0 Å². The summed E-state index contributed by atoms with van der Waals surface area (Å²) < 4.78 is 5.58. The Kier molecular flexibility index (Phi) is 7.88. The van der Waals surface area contributed by atoms with Crippen LogP contribution < -0.4 is 4.74 Å². The van der Waals surface area contributed by atoms with Crippen LogP contribution in [0.5, 0.6) is 5.75 Å². The van der Waals surface area contributed by atoms with Crippen LogP contribution in [0.1, 0.15) is 49.5 Å². The van der Waals surface area contributed by atoms with Crippen LogP contribution in [0.3, 0.4) is 0 Å². The molecule has 0 heterocycles. The SMILES string of the molecule is CC.CCCCOc1ccc(C(=O)c2ccccc2)cc1. The molecule has 2 rings (SSSR count). The average Bonchev–Trinajstić information content (AvgIpc) is 2.58. The van der Waals surface area contributed by atoms with Crippen LogP contribution in [0.4, 0.5) is 0 Å². The van der Waals surface area contributed by atoms with Gasteiger partial charge in [0, 0.05) is 11.1 Å². The van der Waals surface area contributed by atoms with Crippen molar-refractivity contribution in [2.24, 2.45) is 0 Å². The fourth-order valence-electron chi connectivity index (χ4n) is 1.79. The van der Waals surface area contributed by atoms with E-state index >= 15 is 0 Å². The Bertz CT molecular complexity index is 515. The Morgan fingerprint density at radius 2 is 1.48 bits per heavy atom. The summed E-state index contributed by atoms with van der Waals surface area (Å²) in [5, 5.41) is 0. The highest BCUT2D eigenvalue weighted by Crippen LogP contribution is 2.15. The lowest BCUT2D eigenvalue weighted by Gasteiger charge is -2.06. The van der Waals surface area contributed by atoms with Gasteiger partial charge in [-0.25, -0.2) is 0 Å². The molecule has 2 heteroatoms. The lowest BCUT2D eigenvalue weighted by molar-refractivity contribution is 0.103. The van der Waals surface area contributed by atoms with E-state index in [0.717, 1.165) is 25.2 Å². The second-order valence-electron chi connectivity index (χ2n) is 4.42. The minimum atomic E-state index is 0.0423. The van der Waals surface area contributed by atoms with Gasteiger partial charge in [0.1, 0.15) is 5.75 Å². The van der Waals surface area contributed by atoms with Crippen LogP contribution in [0.25, 0.3) is 0 Å². The number of ether oxygens (including phenoxy) is 1. The molecule has 0 radical (unpaired) electrons. The molecule has 21 heavy (non-hydrogen) atoms. The number of ketones is 1. The van der Waals surface area contributed by atoms with E-state index in [1.165, 1.54) is 0 Å². The summed E-state index contributed by atoms with van der Waals surface area (Å²) in [5.41, 5.74) is 1.40. The summed E-state index contributed by atoms with van der Waals surface area (Å²) in [4.78, 5) is 12.2. The van der Waals surface area contributed by atoms with Gasteiger partial charge < -0.3 is 4.74 Å². The molecule has 0 N–H and O–H groups in total. The monoisotopic (exact) mass is 284 g/mol. The predicted octanol–water partition coefficient (Wildman–Crippen LogP) is 5.12. The maximum atomic E-state index is 12.2. The van der Waals surface area contributed by atoms with Crippen molar-refractivity contribution in [2.45, 2.75) is 33.6 Å². The molecule has 0 saturated heterocycles. The van der Waals surface area contributed by atoms with Crippen molar-refractivity contribution in [2.75, 3.05) is 6.61 Å². The predicted molar refractivity (Wildman–Crippen MR) is 88.1 cm³/mol. The zero-order valence-electron chi connectivity index (χ0n) is 13.1. The fraction of sp³-hybridized carbons (Fsp3) is 0.316. The normalized spacial score (nSPS) is 9.48. The van der Waals surface area contributed by atoms with Gasteiger partial charge in [-0.3, -0.25) is 4.79 Å². The molecule has 0 aliphatic carbocycles. The molecule has 112 valence electrons. The summed E-state index contributed by atoms with van der Waals surface area (Å²) in [6.07, 6.45) is 2.16. The second kappa shape index (κ2) is 9.76. The highest BCUT2D eigenvalue weighted by Gasteiger charge is 2.08. The van der Waals surface area contributed by atoms with E-state index in [-0.39, 0.29) is 5.78 Å². The maximum Gasteiger partial charge on any atom is 0.193 e. The van der Waals surface area contributed by atoms with E-state index in [4.69, 9.17) is 4.74 Å². The molecule has 0 amide bonds. The molecule has 2 nitrogen and oxygen atoms in total. The van der Waals surface area contributed by atoms with Gasteiger partial charge in [0.25, 0.3) is 0 Å². The molecule has 0 atom stereocenters. The second-order valence-corrected chi connectivity index (χ2v) is 4.42. The lowest BCUT2D eigenvalue weighted by Crippen LogP contribution is -2.01. The summed E-state index contributed by atoms with van der Waals surface area (Å²) in [6, 6.07) is 16.6. The van der Waals surface area contributed by atoms with Gasteiger partial charge in [0.15, 0.2) is 5.78 Å². The third kappa shape index (κ3) is 5.42. The molecule has 0 saturated carbocycles. The first-order valence-electron chi connectivity index (χ1n) is 7.64. The molecule has 0 fully saturated rings. The first-order chi connectivity index (χ1) is 10.3. The van der Waals surface area contributed by atoms with Crippen LogP contribution in [-0.2, 0) is 0 Å². The van der Waals surface area contributed by atoms with Crippen molar-refractivity contribution in [3.8, 4) is 5.75 Å². The number of benzene rings is 2. The van der Waals surface area contributed by atoms with Gasteiger partial charge >= 0.3 is 0 Å². The van der Waals surface area contributed by atoms with Gasteiger partial charge in [-0.1, -0.05) is 57.5 Å². The first kappa shape index (κ1) is 17.0. The number of hydrogen-bond donors (Lipinski definition) is 0. The van der Waals surface area contributed by atoms with Crippen LogP contribution in [0.2, 0.25) is 0 Å². The molecule has 2 aromatic carbocycles. The summed E-state index contributed by atoms with van der Waals surface area (Å²) in [5.74, 6) is 0.860. The van der Waals surface area contributed by atoms with Gasteiger partial charge in [0.05, 0.1) is 6.61 Å². The van der Waals surface area contributed by atoms with Crippen LogP contribution in [0.15, 0.2) is 54.6 Å². The molecular formula is C19H24O2. The topological polar surface area (TPSA) is 26.3 Å². The van der Waals surface area contributed by atoms with Crippen LogP contribution >= 0.6 is 0 Å². The number of rotatable bonds is 6. The lowest BCUT2D eigenvalue weighted by atomic mass is 10.0. The largest absolute Gasteiger partial charge is 0.494 e. The number of carbonyl (C=O) groups excluding carboxylic acids is 1. The molecular weight excluding hydrogens is 260 g/mol. The Morgan fingerprint density at radius 3 is 2.05 bits per heavy atom. The van der Waals surface area contributed by atoms with Crippen molar-refractivity contribution in [3.05, 3.63) is 65.7 Å². The number of hydrogen-bond acceptors (Lipinski definition) is 2. The zero-order chi connectivity index (χ0) is 15.5. The van der Waals surface area contributed by atoms with E-state index in [0.29, 0.717) is 11.1 Å². The standard InChI is InChI=1S/C17H18O2.C2H6/c1-2-3-13-19-16-11-9-15(10-12-16)17(18)14-7-5-4-6-8-14;1-2/h4-12H,2-3,13H2,1H3;1-2H3. The molecule has 0 aliphatic heterocycles. The van der Waals surface area contributed by atoms with E-state index < -0.39 is 0 Å². The average molecular weight is 284 g/mol. The van der Waals surface area contributed by atoms with E-state index in [2.05, 4.69) is 6.92 Å². The highest BCUT2D eigenvalue weighted by atomic mass is 16.5. The Balaban J connectivity index is 0.00000106. The van der Waals surface area contributed by atoms with Crippen molar-refractivity contribution >= 4 is 5.78 Å². The number of carbonyl (C=O) groups is 1. The summed E-state index contributed by atoms with van der Waals surface area (Å²) in [6.45, 7) is 6.85. The Labute approximate surface area is 127 Å². The zero-order valence-corrected chi connectivity index (χ0v) is 13.1. The Hall–Kier alpha value is -2.09. The summed E-state index contributed by atoms with van der Waals surface area (Å²) in [7, 11) is 0. The fourth-order valence-corrected chi connectivity index (χ4v) is 1.79. The van der Waals surface area contributed by atoms with E-state index in [9.17, 15) is 4.79 Å². The number of unbranched alkanes of at least 4 members (excludes halogenated alkanes) is 1. The van der Waals surface area contributed by atoms with Crippen molar-refractivity contribution in [1.82, 2.24) is 0 Å². The molecule has 0 aromatic heterocycles. The molecule has 0 unspecified atom stereocenters. The highest BCUT2D eigenvalue weighted by molar-refractivity contribution is 6.08. The third-order valence-electron chi connectivity index (χ3n) is 2.92. The maximum absolute atomic E-state index is 12.2. The molecule has 0 spiro atoms. The first-order valence-corrected chi connectivity index (χ1v) is 7.64. The van der Waals surface area contributed by atoms with Crippen molar-refractivity contribution in [1.29, 1.82) is 0 Å². The molecule has 0 bridgehead atoms. The minimum absolute atomic E-state index is 0.0423. The smallest absolute Gasteiger partial charge is 0.193 e. The van der Waals surface area contributed by atoms with E-state index in [1.807, 2.05) is 68.4 Å². The van der Waals surface area contributed by atoms with Crippen LogP contribution in [0, 0.1) is 0 Å². The van der Waals surface area contributed by atoms with Crippen LogP contribution in [-0.4, -0.2) is 12.4 Å². The van der Waals surface area contributed by atoms with E-state index in [1.54, 1.807) is 0 Å². The van der Waals surface area contributed by atoms with Crippen molar-refractivity contribution < 1.29 is 9.53 Å². The molecule has 2 aromatic rings. The van der Waals surface area contributed by atoms with Gasteiger partial charge in [-0.2, -0.15) is 0 Å². The third-order valence-corrected chi connectivity index (χ3v) is 2.92. The quantitative estimate of drug-likeness (QED) is 0.543. The minimum Gasteiger partial charge on any atom is -0.494 e. The van der Waals surface area contributed by atoms with Crippen molar-refractivity contribution in [3.63, 3.8) is 0 Å². The van der Waals surface area contributed by atoms with Gasteiger partial charge in [-0.15, -0.1) is 0 Å². The Morgan fingerprint density at radius 1 is 0.905 bits per heavy atom. The summed E-state index contributed by atoms with van der Waals surface area (Å²) >= 11 is 0. The van der Waals surface area contributed by atoms with Gasteiger partial charge in [-0.05, 0) is 30.7 Å².